The number of carbonyl (C=O) groups excluding carboxylic acids is 1. The van der Waals surface area contributed by atoms with Gasteiger partial charge in [0.1, 0.15) is 11.4 Å². The highest BCUT2D eigenvalue weighted by Gasteiger charge is 2.22. The molecule has 2 aromatic carbocycles. The Bertz CT molecular complexity index is 857. The maximum atomic E-state index is 12.3. The fourth-order valence-electron chi connectivity index (χ4n) is 2.99. The molecule has 0 aromatic heterocycles. The van der Waals surface area contributed by atoms with E-state index in [-0.39, 0.29) is 23.3 Å². The predicted molar refractivity (Wildman–Crippen MR) is 104 cm³/mol. The molecule has 1 aliphatic carbocycles. The average Bonchev–Trinajstić information content (AvgIpc) is 2.63. The van der Waals surface area contributed by atoms with Crippen molar-refractivity contribution in [3.8, 4) is 16.9 Å². The van der Waals surface area contributed by atoms with Gasteiger partial charge in [0.05, 0.1) is 12.8 Å². The normalized spacial score (nSPS) is 15.0. The number of benzene rings is 2. The first-order valence-corrected chi connectivity index (χ1v) is 8.61. The number of carbonyl (C=O) groups is 1. The lowest BCUT2D eigenvalue weighted by atomic mass is 9.93. The van der Waals surface area contributed by atoms with Crippen LogP contribution in [0, 0.1) is 0 Å². The van der Waals surface area contributed by atoms with E-state index in [0.29, 0.717) is 17.0 Å². The Kier molecular flexibility index (Phi) is 5.02. The van der Waals surface area contributed by atoms with Crippen molar-refractivity contribution in [3.05, 3.63) is 53.7 Å². The van der Waals surface area contributed by atoms with Gasteiger partial charge in [0.15, 0.2) is 0 Å². The number of para-hydroxylation sites is 2. The van der Waals surface area contributed by atoms with Crippen LogP contribution in [0.3, 0.4) is 0 Å². The maximum absolute atomic E-state index is 12.3. The summed E-state index contributed by atoms with van der Waals surface area (Å²) in [6, 6.07) is 13.2. The topological polar surface area (TPSA) is 116 Å². The number of nitrogens with one attached hydrogen (secondary N) is 1. The zero-order valence-electron chi connectivity index (χ0n) is 14.8. The first-order valence-electron chi connectivity index (χ1n) is 8.61. The molecule has 1 amide bonds. The molecule has 7 N–H and O–H groups in total. The number of ether oxygens (including phenoxy) is 1. The van der Waals surface area contributed by atoms with Crippen LogP contribution in [0.5, 0.6) is 5.75 Å². The lowest BCUT2D eigenvalue weighted by Crippen LogP contribution is -2.42. The minimum absolute atomic E-state index is 0.0132. The van der Waals surface area contributed by atoms with Crippen LogP contribution < -0.4 is 27.3 Å². The minimum atomic E-state index is -0.353. The van der Waals surface area contributed by atoms with Crippen LogP contribution in [0.25, 0.3) is 16.8 Å². The number of hydrogen-bond acceptors (Lipinski definition) is 5. The Labute approximate surface area is 153 Å². The van der Waals surface area contributed by atoms with E-state index in [9.17, 15) is 4.79 Å². The van der Waals surface area contributed by atoms with Crippen molar-refractivity contribution in [1.82, 2.24) is 5.32 Å². The molecule has 0 bridgehead atoms. The summed E-state index contributed by atoms with van der Waals surface area (Å²) in [5.74, 6) is 0.351. The van der Waals surface area contributed by atoms with Crippen LogP contribution in [-0.4, -0.2) is 19.1 Å². The largest absolute Gasteiger partial charge is 0.496 e. The highest BCUT2D eigenvalue weighted by atomic mass is 16.5. The summed E-state index contributed by atoms with van der Waals surface area (Å²) in [5, 5.41) is 2.89. The van der Waals surface area contributed by atoms with Crippen molar-refractivity contribution < 1.29 is 9.53 Å². The first kappa shape index (κ1) is 17.7. The van der Waals surface area contributed by atoms with E-state index in [0.717, 1.165) is 30.4 Å². The summed E-state index contributed by atoms with van der Waals surface area (Å²) in [4.78, 5) is 12.3. The second-order valence-electron chi connectivity index (χ2n) is 6.40. The number of nitrogens with two attached hydrogens (primary N) is 3. The van der Waals surface area contributed by atoms with Gasteiger partial charge in [0.25, 0.3) is 5.91 Å². The molecule has 6 heteroatoms. The predicted octanol–water partition coefficient (Wildman–Crippen LogP) is 2.20. The van der Waals surface area contributed by atoms with E-state index in [1.165, 1.54) is 0 Å². The summed E-state index contributed by atoms with van der Waals surface area (Å²) in [6.07, 6.45) is 3.08. The standard InChI is InChI=1S/C20H24N4O2/c1-26-16-11-3-2-8-13(16)14-9-5-10-15(17(14)21)18(22)19(23)20(25)24-12-6-4-7-12/h2-3,5,8-12H,4,6-7,21-23H2,1H3,(H,24,25)/b19-18+. The SMILES string of the molecule is COc1ccccc1-c1cccc(/C(N)=C(\N)C(=O)NC2CCC2)c1N. The summed E-state index contributed by atoms with van der Waals surface area (Å²) in [6.45, 7) is 0. The summed E-state index contributed by atoms with van der Waals surface area (Å²) in [7, 11) is 1.61. The van der Waals surface area contributed by atoms with Gasteiger partial charge in [0, 0.05) is 28.4 Å². The molecule has 0 spiro atoms. The lowest BCUT2D eigenvalue weighted by Gasteiger charge is -2.26. The summed E-state index contributed by atoms with van der Waals surface area (Å²) < 4.78 is 5.42. The molecule has 3 rings (SSSR count). The molecule has 1 saturated carbocycles. The first-order chi connectivity index (χ1) is 12.5. The van der Waals surface area contributed by atoms with E-state index in [4.69, 9.17) is 21.9 Å². The number of rotatable bonds is 5. The summed E-state index contributed by atoms with van der Waals surface area (Å²) in [5.41, 5.74) is 21.3. The second kappa shape index (κ2) is 7.39. The molecule has 0 saturated heterocycles. The Morgan fingerprint density at radius 1 is 1.08 bits per heavy atom. The molecule has 0 unspecified atom stereocenters. The molecule has 1 aliphatic rings. The van der Waals surface area contributed by atoms with Crippen LogP contribution in [0.4, 0.5) is 5.69 Å². The van der Waals surface area contributed by atoms with Gasteiger partial charge in [-0.05, 0) is 25.3 Å². The van der Waals surface area contributed by atoms with Gasteiger partial charge in [0.2, 0.25) is 0 Å². The van der Waals surface area contributed by atoms with Gasteiger partial charge in [-0.2, -0.15) is 0 Å². The van der Waals surface area contributed by atoms with Crippen molar-refractivity contribution in [2.75, 3.05) is 12.8 Å². The smallest absolute Gasteiger partial charge is 0.269 e. The highest BCUT2D eigenvalue weighted by molar-refractivity contribution is 6.02. The zero-order chi connectivity index (χ0) is 18.7. The molecule has 2 aromatic rings. The van der Waals surface area contributed by atoms with Gasteiger partial charge < -0.3 is 27.3 Å². The Morgan fingerprint density at radius 3 is 2.42 bits per heavy atom. The highest BCUT2D eigenvalue weighted by Crippen LogP contribution is 2.36. The number of anilines is 1. The van der Waals surface area contributed by atoms with Crippen LogP contribution in [-0.2, 0) is 4.79 Å². The van der Waals surface area contributed by atoms with E-state index < -0.39 is 0 Å². The number of methoxy groups -OCH3 is 1. The fraction of sp³-hybridized carbons (Fsp3) is 0.250. The molecular weight excluding hydrogens is 328 g/mol. The van der Waals surface area contributed by atoms with Crippen molar-refractivity contribution in [2.24, 2.45) is 11.5 Å². The molecule has 136 valence electrons. The van der Waals surface area contributed by atoms with Crippen LogP contribution in [0.15, 0.2) is 48.2 Å². The second-order valence-corrected chi connectivity index (χ2v) is 6.40. The number of hydrogen-bond donors (Lipinski definition) is 4. The monoisotopic (exact) mass is 352 g/mol. The Morgan fingerprint density at radius 2 is 1.77 bits per heavy atom. The quantitative estimate of drug-likeness (QED) is 0.486. The number of nitrogen functional groups attached to an aromatic ring is 1. The Balaban J connectivity index is 1.98. The van der Waals surface area contributed by atoms with Crippen LogP contribution in [0.2, 0.25) is 0 Å². The maximum Gasteiger partial charge on any atom is 0.269 e. The van der Waals surface area contributed by atoms with Crippen molar-refractivity contribution in [3.63, 3.8) is 0 Å². The fourth-order valence-corrected chi connectivity index (χ4v) is 2.99. The van der Waals surface area contributed by atoms with Crippen LogP contribution >= 0.6 is 0 Å². The Hall–Kier alpha value is -3.15. The van der Waals surface area contributed by atoms with E-state index in [1.807, 2.05) is 36.4 Å². The molecule has 0 radical (unpaired) electrons. The molecule has 0 aliphatic heterocycles. The molecule has 0 atom stereocenters. The van der Waals surface area contributed by atoms with E-state index >= 15 is 0 Å². The number of amides is 1. The van der Waals surface area contributed by atoms with E-state index in [2.05, 4.69) is 5.32 Å². The third-order valence-electron chi connectivity index (χ3n) is 4.77. The average molecular weight is 352 g/mol. The zero-order valence-corrected chi connectivity index (χ0v) is 14.8. The van der Waals surface area contributed by atoms with Gasteiger partial charge in [-0.3, -0.25) is 4.79 Å². The molecule has 0 heterocycles. The summed E-state index contributed by atoms with van der Waals surface area (Å²) >= 11 is 0. The molecule has 26 heavy (non-hydrogen) atoms. The van der Waals surface area contributed by atoms with Crippen molar-refractivity contribution in [1.29, 1.82) is 0 Å². The van der Waals surface area contributed by atoms with Gasteiger partial charge in [-0.15, -0.1) is 0 Å². The van der Waals surface area contributed by atoms with Crippen LogP contribution in [0.1, 0.15) is 24.8 Å². The molecule has 6 nitrogen and oxygen atoms in total. The third-order valence-corrected chi connectivity index (χ3v) is 4.77. The minimum Gasteiger partial charge on any atom is -0.496 e. The van der Waals surface area contributed by atoms with Gasteiger partial charge >= 0.3 is 0 Å². The van der Waals surface area contributed by atoms with Gasteiger partial charge in [-0.25, -0.2) is 0 Å². The van der Waals surface area contributed by atoms with Crippen molar-refractivity contribution >= 4 is 17.3 Å². The third kappa shape index (κ3) is 3.31. The van der Waals surface area contributed by atoms with Gasteiger partial charge in [-0.1, -0.05) is 36.4 Å². The molecule has 1 fully saturated rings. The van der Waals surface area contributed by atoms with E-state index in [1.54, 1.807) is 13.2 Å². The molecular formula is C20H24N4O2. The van der Waals surface area contributed by atoms with Crippen molar-refractivity contribution in [2.45, 2.75) is 25.3 Å². The lowest BCUT2D eigenvalue weighted by molar-refractivity contribution is -0.118.